The third kappa shape index (κ3) is 4.79. The molecule has 0 radical (unpaired) electrons. The first kappa shape index (κ1) is 18.7. The normalized spacial score (nSPS) is 18.6. The highest BCUT2D eigenvalue weighted by Gasteiger charge is 2.27. The van der Waals surface area contributed by atoms with Crippen LogP contribution in [0.4, 0.5) is 22.0 Å². The van der Waals surface area contributed by atoms with E-state index in [-0.39, 0.29) is 6.03 Å². The van der Waals surface area contributed by atoms with Crippen molar-refractivity contribution >= 4 is 23.2 Å². The standard InChI is InChI=1S/C21H27N5O2/c27-21(26-12-10-25(11-13-26)19-8-14-28-15-9-19)24-20-7-6-18(16-22-20)23-17-4-2-1-3-5-17/h1-7,16,19,23H,8-15H2,(H,22,24,27). The zero-order chi connectivity index (χ0) is 19.2. The molecule has 4 rings (SSSR count). The number of amides is 2. The molecule has 0 unspecified atom stereocenters. The molecule has 0 atom stereocenters. The molecule has 2 amide bonds. The molecular weight excluding hydrogens is 354 g/mol. The van der Waals surface area contributed by atoms with E-state index in [0.29, 0.717) is 11.9 Å². The van der Waals surface area contributed by atoms with Gasteiger partial charge in [0.05, 0.1) is 11.9 Å². The predicted molar refractivity (Wildman–Crippen MR) is 110 cm³/mol. The van der Waals surface area contributed by atoms with Crippen LogP contribution in [0.2, 0.25) is 0 Å². The zero-order valence-electron chi connectivity index (χ0n) is 16.0. The first-order valence-electron chi connectivity index (χ1n) is 9.94. The van der Waals surface area contributed by atoms with E-state index >= 15 is 0 Å². The predicted octanol–water partition coefficient (Wildman–Crippen LogP) is 3.15. The number of carbonyl (C=O) groups is 1. The molecule has 1 aromatic carbocycles. The van der Waals surface area contributed by atoms with Crippen LogP contribution < -0.4 is 10.6 Å². The van der Waals surface area contributed by atoms with E-state index in [9.17, 15) is 4.79 Å². The second-order valence-corrected chi connectivity index (χ2v) is 7.22. The van der Waals surface area contributed by atoms with Crippen molar-refractivity contribution in [3.63, 3.8) is 0 Å². The lowest BCUT2D eigenvalue weighted by molar-refractivity contribution is 0.0194. The topological polar surface area (TPSA) is 69.7 Å². The van der Waals surface area contributed by atoms with E-state index in [0.717, 1.165) is 63.6 Å². The molecule has 2 fully saturated rings. The van der Waals surface area contributed by atoms with Crippen LogP contribution in [-0.4, -0.2) is 66.2 Å². The summed E-state index contributed by atoms with van der Waals surface area (Å²) in [7, 11) is 0. The Kier molecular flexibility index (Phi) is 6.04. The van der Waals surface area contributed by atoms with Crippen LogP contribution in [0.3, 0.4) is 0 Å². The van der Waals surface area contributed by atoms with E-state index in [2.05, 4.69) is 20.5 Å². The highest BCUT2D eigenvalue weighted by Crippen LogP contribution is 2.18. The third-order valence-corrected chi connectivity index (χ3v) is 5.37. The number of carbonyl (C=O) groups excluding carboxylic acids is 1. The fourth-order valence-electron chi connectivity index (χ4n) is 3.76. The smallest absolute Gasteiger partial charge is 0.323 e. The summed E-state index contributed by atoms with van der Waals surface area (Å²) in [5.41, 5.74) is 1.89. The van der Waals surface area contributed by atoms with Gasteiger partial charge in [-0.25, -0.2) is 9.78 Å². The molecule has 1 aromatic heterocycles. The van der Waals surface area contributed by atoms with Crippen molar-refractivity contribution in [2.75, 3.05) is 50.0 Å². The number of hydrogen-bond acceptors (Lipinski definition) is 5. The number of anilines is 3. The van der Waals surface area contributed by atoms with Gasteiger partial charge in [-0.05, 0) is 37.1 Å². The van der Waals surface area contributed by atoms with Gasteiger partial charge < -0.3 is 15.0 Å². The van der Waals surface area contributed by atoms with Crippen molar-refractivity contribution in [1.82, 2.24) is 14.8 Å². The van der Waals surface area contributed by atoms with Crippen molar-refractivity contribution in [3.8, 4) is 0 Å². The number of pyridine rings is 1. The lowest BCUT2D eigenvalue weighted by Gasteiger charge is -2.40. The van der Waals surface area contributed by atoms with E-state index in [1.54, 1.807) is 6.20 Å². The second kappa shape index (κ2) is 9.03. The van der Waals surface area contributed by atoms with E-state index < -0.39 is 0 Å². The summed E-state index contributed by atoms with van der Waals surface area (Å²) in [5, 5.41) is 6.19. The van der Waals surface area contributed by atoms with Gasteiger partial charge in [0.2, 0.25) is 0 Å². The van der Waals surface area contributed by atoms with Crippen molar-refractivity contribution in [2.24, 2.45) is 0 Å². The first-order valence-corrected chi connectivity index (χ1v) is 9.94. The third-order valence-electron chi connectivity index (χ3n) is 5.37. The molecule has 0 aliphatic carbocycles. The van der Waals surface area contributed by atoms with Gasteiger partial charge in [0.15, 0.2) is 0 Å². The lowest BCUT2D eigenvalue weighted by atomic mass is 10.1. The molecule has 2 aromatic rings. The minimum absolute atomic E-state index is 0.0807. The minimum Gasteiger partial charge on any atom is -0.381 e. The van der Waals surface area contributed by atoms with Gasteiger partial charge in [0, 0.05) is 51.1 Å². The van der Waals surface area contributed by atoms with E-state index in [1.165, 1.54) is 0 Å². The van der Waals surface area contributed by atoms with E-state index in [1.807, 2.05) is 47.4 Å². The van der Waals surface area contributed by atoms with Gasteiger partial charge in [-0.15, -0.1) is 0 Å². The molecule has 2 aliphatic rings. The number of rotatable bonds is 4. The zero-order valence-corrected chi connectivity index (χ0v) is 16.0. The largest absolute Gasteiger partial charge is 0.381 e. The number of benzene rings is 1. The van der Waals surface area contributed by atoms with Crippen molar-refractivity contribution < 1.29 is 9.53 Å². The summed E-state index contributed by atoms with van der Waals surface area (Å²) in [5.74, 6) is 0.565. The Balaban J connectivity index is 1.26. The van der Waals surface area contributed by atoms with Crippen LogP contribution in [0.25, 0.3) is 0 Å². The van der Waals surface area contributed by atoms with Crippen LogP contribution in [0, 0.1) is 0 Å². The summed E-state index contributed by atoms with van der Waals surface area (Å²) in [6.45, 7) is 5.04. The number of piperazine rings is 1. The molecular formula is C21H27N5O2. The lowest BCUT2D eigenvalue weighted by Crippen LogP contribution is -2.53. The average Bonchev–Trinajstić information content (AvgIpc) is 2.76. The number of urea groups is 1. The maximum absolute atomic E-state index is 12.5. The maximum atomic E-state index is 12.5. The number of nitrogens with one attached hydrogen (secondary N) is 2. The van der Waals surface area contributed by atoms with Crippen LogP contribution in [0.5, 0.6) is 0 Å². The quantitative estimate of drug-likeness (QED) is 0.851. The Morgan fingerprint density at radius 2 is 1.71 bits per heavy atom. The molecule has 148 valence electrons. The molecule has 2 aliphatic heterocycles. The number of ether oxygens (including phenoxy) is 1. The molecule has 3 heterocycles. The Labute approximate surface area is 165 Å². The molecule has 0 spiro atoms. The number of aromatic nitrogens is 1. The molecule has 28 heavy (non-hydrogen) atoms. The molecule has 7 nitrogen and oxygen atoms in total. The van der Waals surface area contributed by atoms with Crippen LogP contribution >= 0.6 is 0 Å². The fourth-order valence-corrected chi connectivity index (χ4v) is 3.76. The van der Waals surface area contributed by atoms with Gasteiger partial charge in [0.25, 0.3) is 0 Å². The molecule has 7 heteroatoms. The maximum Gasteiger partial charge on any atom is 0.323 e. The fraction of sp³-hybridized carbons (Fsp3) is 0.429. The molecule has 0 bridgehead atoms. The monoisotopic (exact) mass is 381 g/mol. The number of hydrogen-bond donors (Lipinski definition) is 2. The van der Waals surface area contributed by atoms with Gasteiger partial charge >= 0.3 is 6.03 Å². The van der Waals surface area contributed by atoms with Crippen molar-refractivity contribution in [1.29, 1.82) is 0 Å². The van der Waals surface area contributed by atoms with Crippen LogP contribution in [-0.2, 0) is 4.74 Å². The van der Waals surface area contributed by atoms with Crippen molar-refractivity contribution in [2.45, 2.75) is 18.9 Å². The van der Waals surface area contributed by atoms with Gasteiger partial charge in [-0.1, -0.05) is 18.2 Å². The Morgan fingerprint density at radius 3 is 2.39 bits per heavy atom. The summed E-state index contributed by atoms with van der Waals surface area (Å²) in [6, 6.07) is 14.2. The average molecular weight is 381 g/mol. The number of nitrogens with zero attached hydrogens (tertiary/aromatic N) is 3. The van der Waals surface area contributed by atoms with E-state index in [4.69, 9.17) is 4.74 Å². The van der Waals surface area contributed by atoms with Gasteiger partial charge in [-0.3, -0.25) is 10.2 Å². The van der Waals surface area contributed by atoms with Crippen molar-refractivity contribution in [3.05, 3.63) is 48.7 Å². The summed E-state index contributed by atoms with van der Waals surface area (Å²) >= 11 is 0. The highest BCUT2D eigenvalue weighted by molar-refractivity contribution is 5.88. The SMILES string of the molecule is O=C(Nc1ccc(Nc2ccccc2)cn1)N1CCN(C2CCOCC2)CC1. The van der Waals surface area contributed by atoms with Gasteiger partial charge in [0.1, 0.15) is 5.82 Å². The Hall–Kier alpha value is -2.64. The molecule has 2 saturated heterocycles. The van der Waals surface area contributed by atoms with Crippen LogP contribution in [0.15, 0.2) is 48.7 Å². The Bertz CT molecular complexity index is 754. The molecule has 2 N–H and O–H groups in total. The summed E-state index contributed by atoms with van der Waals surface area (Å²) < 4.78 is 5.45. The summed E-state index contributed by atoms with van der Waals surface area (Å²) in [4.78, 5) is 21.3. The van der Waals surface area contributed by atoms with Gasteiger partial charge in [-0.2, -0.15) is 0 Å². The highest BCUT2D eigenvalue weighted by atomic mass is 16.5. The first-order chi connectivity index (χ1) is 13.8. The van der Waals surface area contributed by atoms with Crippen LogP contribution in [0.1, 0.15) is 12.8 Å². The summed E-state index contributed by atoms with van der Waals surface area (Å²) in [6.07, 6.45) is 3.92. The Morgan fingerprint density at radius 1 is 0.964 bits per heavy atom. The molecule has 0 saturated carbocycles. The second-order valence-electron chi connectivity index (χ2n) is 7.22. The minimum atomic E-state index is -0.0807. The number of para-hydroxylation sites is 1.